The second-order valence-electron chi connectivity index (χ2n) is 8.48. The number of amides is 1. The molecule has 3 heterocycles. The van der Waals surface area contributed by atoms with E-state index in [2.05, 4.69) is 26.6 Å². The number of anilines is 1. The van der Waals surface area contributed by atoms with Gasteiger partial charge in [-0.2, -0.15) is 5.26 Å². The zero-order valence-electron chi connectivity index (χ0n) is 19.6. The van der Waals surface area contributed by atoms with Crippen LogP contribution < -0.4 is 5.32 Å². The van der Waals surface area contributed by atoms with Crippen LogP contribution in [0.3, 0.4) is 0 Å². The second kappa shape index (κ2) is 10.8. The molecule has 36 heavy (non-hydrogen) atoms. The smallest absolute Gasteiger partial charge is 0.235 e. The number of hydrogen-bond donors (Lipinski definition) is 1. The summed E-state index contributed by atoms with van der Waals surface area (Å²) in [5.41, 5.74) is 4.32. The lowest BCUT2D eigenvalue weighted by Crippen LogP contribution is -2.14. The number of thioether (sulfide) groups is 1. The van der Waals surface area contributed by atoms with E-state index >= 15 is 0 Å². The highest BCUT2D eigenvalue weighted by molar-refractivity contribution is 7.99. The SMILES string of the molecule is Cc1c(Cl)cccc1-n1c(SCC(=O)Nc2sc3c(c2C#N)CCCCC3)nnc1-c1ccncc1. The number of aryl methyl sites for hydroxylation is 1. The van der Waals surface area contributed by atoms with E-state index in [1.165, 1.54) is 34.4 Å². The van der Waals surface area contributed by atoms with Crippen molar-refractivity contribution in [3.8, 4) is 23.1 Å². The largest absolute Gasteiger partial charge is 0.316 e. The summed E-state index contributed by atoms with van der Waals surface area (Å²) < 4.78 is 1.92. The monoisotopic (exact) mass is 534 g/mol. The van der Waals surface area contributed by atoms with Gasteiger partial charge in [0.1, 0.15) is 11.1 Å². The van der Waals surface area contributed by atoms with Crippen molar-refractivity contribution in [2.75, 3.05) is 11.1 Å². The molecule has 182 valence electrons. The highest BCUT2D eigenvalue weighted by Crippen LogP contribution is 2.37. The second-order valence-corrected chi connectivity index (χ2v) is 10.9. The number of benzene rings is 1. The molecule has 0 aliphatic heterocycles. The maximum Gasteiger partial charge on any atom is 0.235 e. The standard InChI is InChI=1S/C26H23ClN6OS2/c1-16-20(27)7-5-8-21(16)33-24(17-10-12-29-13-11-17)31-32-26(33)35-15-23(34)30-25-19(14-28)18-6-3-2-4-9-22(18)36-25/h5,7-8,10-13H,2-4,6,9,15H2,1H3,(H,30,34). The van der Waals surface area contributed by atoms with Gasteiger partial charge in [-0.1, -0.05) is 35.9 Å². The first-order valence-electron chi connectivity index (χ1n) is 11.7. The Kier molecular flexibility index (Phi) is 7.37. The highest BCUT2D eigenvalue weighted by atomic mass is 35.5. The number of carbonyl (C=O) groups is 1. The number of rotatable bonds is 6. The van der Waals surface area contributed by atoms with Crippen LogP contribution in [0.4, 0.5) is 5.00 Å². The van der Waals surface area contributed by atoms with E-state index in [0.29, 0.717) is 26.6 Å². The molecule has 5 rings (SSSR count). The van der Waals surface area contributed by atoms with Crippen molar-refractivity contribution < 1.29 is 4.79 Å². The minimum absolute atomic E-state index is 0.127. The van der Waals surface area contributed by atoms with Gasteiger partial charge >= 0.3 is 0 Å². The molecule has 0 saturated heterocycles. The van der Waals surface area contributed by atoms with Crippen molar-refractivity contribution in [3.05, 3.63) is 69.3 Å². The molecule has 1 amide bonds. The molecular weight excluding hydrogens is 512 g/mol. The number of aromatic nitrogens is 4. The van der Waals surface area contributed by atoms with Crippen molar-refractivity contribution >= 4 is 45.6 Å². The van der Waals surface area contributed by atoms with Crippen LogP contribution >= 0.6 is 34.7 Å². The number of nitrogens with one attached hydrogen (secondary N) is 1. The molecule has 1 N–H and O–H groups in total. The van der Waals surface area contributed by atoms with Gasteiger partial charge < -0.3 is 5.32 Å². The fraction of sp³-hybridized carbons (Fsp3) is 0.269. The Labute approximate surface area is 222 Å². The first-order valence-corrected chi connectivity index (χ1v) is 13.8. The molecule has 0 radical (unpaired) electrons. The molecule has 1 aliphatic rings. The van der Waals surface area contributed by atoms with E-state index in [4.69, 9.17) is 11.6 Å². The average molecular weight is 535 g/mol. The number of pyridine rings is 1. The van der Waals surface area contributed by atoms with Gasteiger partial charge in [0.2, 0.25) is 5.91 Å². The van der Waals surface area contributed by atoms with Crippen LogP contribution in [-0.4, -0.2) is 31.4 Å². The van der Waals surface area contributed by atoms with Gasteiger partial charge in [0.15, 0.2) is 11.0 Å². The highest BCUT2D eigenvalue weighted by Gasteiger charge is 2.22. The Hall–Kier alpha value is -3.19. The Morgan fingerprint density at radius 3 is 2.81 bits per heavy atom. The number of nitrogens with zero attached hydrogens (tertiary/aromatic N) is 5. The summed E-state index contributed by atoms with van der Waals surface area (Å²) in [6.45, 7) is 1.94. The van der Waals surface area contributed by atoms with Gasteiger partial charge in [-0.05, 0) is 68.0 Å². The van der Waals surface area contributed by atoms with Crippen LogP contribution in [0.2, 0.25) is 5.02 Å². The number of thiophene rings is 1. The van der Waals surface area contributed by atoms with Crippen LogP contribution in [-0.2, 0) is 17.6 Å². The summed E-state index contributed by atoms with van der Waals surface area (Å²) in [4.78, 5) is 18.3. The molecule has 0 unspecified atom stereocenters. The van der Waals surface area contributed by atoms with E-state index in [-0.39, 0.29) is 11.7 Å². The number of fused-ring (bicyclic) bond motifs is 1. The van der Waals surface area contributed by atoms with Crippen molar-refractivity contribution in [1.29, 1.82) is 5.26 Å². The van der Waals surface area contributed by atoms with Crippen LogP contribution in [0.1, 0.15) is 40.8 Å². The van der Waals surface area contributed by atoms with Crippen molar-refractivity contribution in [1.82, 2.24) is 19.7 Å². The fourth-order valence-electron chi connectivity index (χ4n) is 4.35. The lowest BCUT2D eigenvalue weighted by Gasteiger charge is -2.13. The summed E-state index contributed by atoms with van der Waals surface area (Å²) in [5.74, 6) is 0.580. The van der Waals surface area contributed by atoms with Crippen molar-refractivity contribution in [2.45, 2.75) is 44.2 Å². The predicted octanol–water partition coefficient (Wildman–Crippen LogP) is 6.22. The van der Waals surface area contributed by atoms with Gasteiger partial charge in [-0.3, -0.25) is 14.3 Å². The van der Waals surface area contributed by atoms with E-state index < -0.39 is 0 Å². The Bertz CT molecular complexity index is 1460. The minimum Gasteiger partial charge on any atom is -0.316 e. The summed E-state index contributed by atoms with van der Waals surface area (Å²) in [5, 5.41) is 23.4. The lowest BCUT2D eigenvalue weighted by atomic mass is 10.1. The van der Waals surface area contributed by atoms with E-state index in [9.17, 15) is 10.1 Å². The average Bonchev–Trinajstić information content (AvgIpc) is 3.37. The quantitative estimate of drug-likeness (QED) is 0.233. The minimum atomic E-state index is -0.185. The molecule has 0 atom stereocenters. The molecular formula is C26H23ClN6OS2. The summed E-state index contributed by atoms with van der Waals surface area (Å²) in [6.07, 6.45) is 8.67. The van der Waals surface area contributed by atoms with E-state index in [1.807, 2.05) is 41.8 Å². The molecule has 0 bridgehead atoms. The van der Waals surface area contributed by atoms with Crippen molar-refractivity contribution in [2.24, 2.45) is 0 Å². The molecule has 1 aliphatic carbocycles. The van der Waals surface area contributed by atoms with E-state index in [0.717, 1.165) is 48.1 Å². The molecule has 10 heteroatoms. The Morgan fingerprint density at radius 2 is 2.00 bits per heavy atom. The van der Waals surface area contributed by atoms with Crippen LogP contribution in [0.5, 0.6) is 0 Å². The summed E-state index contributed by atoms with van der Waals surface area (Å²) in [6, 6.07) is 11.7. The third kappa shape index (κ3) is 4.89. The molecule has 1 aromatic carbocycles. The topological polar surface area (TPSA) is 96.5 Å². The maximum absolute atomic E-state index is 13.0. The number of hydrogen-bond acceptors (Lipinski definition) is 7. The molecule has 7 nitrogen and oxygen atoms in total. The van der Waals surface area contributed by atoms with Crippen LogP contribution in [0, 0.1) is 18.3 Å². The Balaban J connectivity index is 1.41. The van der Waals surface area contributed by atoms with Crippen LogP contribution in [0.25, 0.3) is 17.1 Å². The zero-order chi connectivity index (χ0) is 25.1. The maximum atomic E-state index is 13.0. The number of nitriles is 1. The fourth-order valence-corrected chi connectivity index (χ4v) is 6.52. The summed E-state index contributed by atoms with van der Waals surface area (Å²) in [7, 11) is 0. The Morgan fingerprint density at radius 1 is 1.19 bits per heavy atom. The first kappa shape index (κ1) is 24.5. The van der Waals surface area contributed by atoms with Gasteiger partial charge in [-0.25, -0.2) is 0 Å². The number of halogens is 1. The predicted molar refractivity (Wildman–Crippen MR) is 144 cm³/mol. The molecule has 4 aromatic rings. The van der Waals surface area contributed by atoms with Gasteiger partial charge in [0.25, 0.3) is 0 Å². The molecule has 3 aromatic heterocycles. The van der Waals surface area contributed by atoms with Gasteiger partial charge in [-0.15, -0.1) is 21.5 Å². The lowest BCUT2D eigenvalue weighted by molar-refractivity contribution is -0.113. The van der Waals surface area contributed by atoms with Crippen molar-refractivity contribution in [3.63, 3.8) is 0 Å². The molecule has 0 spiro atoms. The van der Waals surface area contributed by atoms with Gasteiger partial charge in [0.05, 0.1) is 17.0 Å². The molecule has 0 fully saturated rings. The summed E-state index contributed by atoms with van der Waals surface area (Å²) >= 11 is 9.25. The third-order valence-electron chi connectivity index (χ3n) is 6.17. The normalized spacial score (nSPS) is 13.0. The molecule has 0 saturated carbocycles. The first-order chi connectivity index (χ1) is 17.6. The zero-order valence-corrected chi connectivity index (χ0v) is 22.0. The number of carbonyl (C=O) groups excluding carboxylic acids is 1. The van der Waals surface area contributed by atoms with Gasteiger partial charge in [0, 0.05) is 27.9 Å². The van der Waals surface area contributed by atoms with Crippen LogP contribution in [0.15, 0.2) is 47.9 Å². The third-order valence-corrected chi connectivity index (χ3v) is 8.72. The van der Waals surface area contributed by atoms with E-state index in [1.54, 1.807) is 12.4 Å².